The molecule has 0 saturated heterocycles. The van der Waals surface area contributed by atoms with Crippen LogP contribution in [-0.4, -0.2) is 24.2 Å². The van der Waals surface area contributed by atoms with Gasteiger partial charge in [-0.15, -0.1) is 0 Å². The predicted molar refractivity (Wildman–Crippen MR) is 54.5 cm³/mol. The van der Waals surface area contributed by atoms with E-state index in [0.717, 1.165) is 0 Å². The topological polar surface area (TPSA) is 63.6 Å². The lowest BCUT2D eigenvalue weighted by Crippen LogP contribution is -2.10. The van der Waals surface area contributed by atoms with Gasteiger partial charge in [-0.2, -0.15) is 0 Å². The fourth-order valence-electron chi connectivity index (χ4n) is 1.14. The molecule has 0 aliphatic rings. The second-order valence-electron chi connectivity index (χ2n) is 2.94. The van der Waals surface area contributed by atoms with E-state index in [-0.39, 0.29) is 11.1 Å². The Morgan fingerprint density at radius 3 is 2.40 bits per heavy atom. The van der Waals surface area contributed by atoms with Crippen molar-refractivity contribution in [2.75, 3.05) is 7.11 Å². The Bertz CT molecular complexity index is 426. The van der Waals surface area contributed by atoms with Crippen LogP contribution in [0.4, 0.5) is 0 Å². The molecule has 1 N–H and O–H groups in total. The lowest BCUT2D eigenvalue weighted by atomic mass is 10.0. The molecule has 5 heteroatoms. The van der Waals surface area contributed by atoms with Crippen molar-refractivity contribution in [1.82, 2.24) is 0 Å². The summed E-state index contributed by atoms with van der Waals surface area (Å²) in [4.78, 5) is 22.1. The Labute approximate surface area is 91.4 Å². The Morgan fingerprint density at radius 1 is 1.33 bits per heavy atom. The van der Waals surface area contributed by atoms with Crippen molar-refractivity contribution >= 4 is 23.5 Å². The molecule has 0 saturated carbocycles. The molecule has 0 unspecified atom stereocenters. The second kappa shape index (κ2) is 4.31. The number of carboxylic acids is 1. The Kier molecular flexibility index (Phi) is 3.31. The van der Waals surface area contributed by atoms with Crippen LogP contribution in [-0.2, 0) is 4.74 Å². The van der Waals surface area contributed by atoms with E-state index in [4.69, 9.17) is 16.7 Å². The maximum absolute atomic E-state index is 11.3. The minimum absolute atomic E-state index is 0.00639. The maximum Gasteiger partial charge on any atom is 0.338 e. The van der Waals surface area contributed by atoms with Gasteiger partial charge in [0, 0.05) is 5.02 Å². The lowest BCUT2D eigenvalue weighted by Gasteiger charge is -2.06. The number of esters is 1. The molecule has 80 valence electrons. The molecule has 15 heavy (non-hydrogen) atoms. The van der Waals surface area contributed by atoms with Gasteiger partial charge in [0.15, 0.2) is 0 Å². The number of methoxy groups -OCH3 is 1. The van der Waals surface area contributed by atoms with Gasteiger partial charge in [-0.1, -0.05) is 11.6 Å². The van der Waals surface area contributed by atoms with Crippen molar-refractivity contribution in [2.45, 2.75) is 6.92 Å². The fourth-order valence-corrected chi connectivity index (χ4v) is 1.30. The summed E-state index contributed by atoms with van der Waals surface area (Å²) < 4.78 is 4.48. The number of carbonyl (C=O) groups excluding carboxylic acids is 1. The summed E-state index contributed by atoms with van der Waals surface area (Å²) in [5.41, 5.74) is 0.478. The van der Waals surface area contributed by atoms with E-state index >= 15 is 0 Å². The molecule has 0 aliphatic heterocycles. The summed E-state index contributed by atoms with van der Waals surface area (Å²) in [7, 11) is 1.19. The van der Waals surface area contributed by atoms with E-state index in [9.17, 15) is 9.59 Å². The summed E-state index contributed by atoms with van der Waals surface area (Å²) in [6, 6.07) is 2.64. The highest BCUT2D eigenvalue weighted by atomic mass is 35.5. The second-order valence-corrected chi connectivity index (χ2v) is 3.35. The molecule has 4 nitrogen and oxygen atoms in total. The first kappa shape index (κ1) is 11.5. The van der Waals surface area contributed by atoms with Crippen molar-refractivity contribution in [3.05, 3.63) is 33.8 Å². The first-order chi connectivity index (χ1) is 6.97. The highest BCUT2D eigenvalue weighted by Gasteiger charge is 2.18. The van der Waals surface area contributed by atoms with Crippen LogP contribution in [0.3, 0.4) is 0 Å². The first-order valence-electron chi connectivity index (χ1n) is 4.09. The molecule has 0 spiro atoms. The van der Waals surface area contributed by atoms with Crippen LogP contribution in [0.15, 0.2) is 12.1 Å². The zero-order chi connectivity index (χ0) is 11.6. The number of benzene rings is 1. The van der Waals surface area contributed by atoms with E-state index in [1.165, 1.54) is 19.2 Å². The summed E-state index contributed by atoms with van der Waals surface area (Å²) in [5.74, 6) is -1.90. The quantitative estimate of drug-likeness (QED) is 0.788. The average molecular weight is 229 g/mol. The van der Waals surface area contributed by atoms with Crippen molar-refractivity contribution in [3.8, 4) is 0 Å². The summed E-state index contributed by atoms with van der Waals surface area (Å²) in [6.45, 7) is 1.68. The Balaban J connectivity index is 3.41. The zero-order valence-corrected chi connectivity index (χ0v) is 8.96. The normalized spacial score (nSPS) is 9.80. The van der Waals surface area contributed by atoms with Gasteiger partial charge in [0.25, 0.3) is 0 Å². The third kappa shape index (κ3) is 2.27. The molecule has 1 aromatic rings. The largest absolute Gasteiger partial charge is 0.478 e. The van der Waals surface area contributed by atoms with Gasteiger partial charge in [0.1, 0.15) is 0 Å². The van der Waals surface area contributed by atoms with Crippen LogP contribution in [0.2, 0.25) is 5.02 Å². The fraction of sp³-hybridized carbons (Fsp3) is 0.200. The monoisotopic (exact) mass is 228 g/mol. The molecular weight excluding hydrogens is 220 g/mol. The minimum atomic E-state index is -1.21. The van der Waals surface area contributed by atoms with Crippen LogP contribution < -0.4 is 0 Å². The van der Waals surface area contributed by atoms with E-state index in [2.05, 4.69) is 4.74 Å². The Hall–Kier alpha value is -1.55. The number of hydrogen-bond donors (Lipinski definition) is 1. The highest BCUT2D eigenvalue weighted by Crippen LogP contribution is 2.21. The molecule has 0 fully saturated rings. The average Bonchev–Trinajstić information content (AvgIpc) is 2.20. The van der Waals surface area contributed by atoms with Crippen LogP contribution in [0, 0.1) is 6.92 Å². The van der Waals surface area contributed by atoms with E-state index in [1.54, 1.807) is 6.92 Å². The van der Waals surface area contributed by atoms with Crippen LogP contribution in [0.5, 0.6) is 0 Å². The molecule has 0 aliphatic carbocycles. The molecule has 1 aromatic carbocycles. The number of ether oxygens (including phenoxy) is 1. The van der Waals surface area contributed by atoms with Crippen molar-refractivity contribution in [1.29, 1.82) is 0 Å². The van der Waals surface area contributed by atoms with Gasteiger partial charge >= 0.3 is 11.9 Å². The molecule has 0 radical (unpaired) electrons. The summed E-state index contributed by atoms with van der Waals surface area (Å²) >= 11 is 5.76. The highest BCUT2D eigenvalue weighted by molar-refractivity contribution is 6.32. The molecule has 0 atom stereocenters. The third-order valence-corrected chi connectivity index (χ3v) is 2.34. The molecular formula is C10H9ClO4. The number of aromatic carboxylic acids is 1. The van der Waals surface area contributed by atoms with E-state index in [1.807, 2.05) is 0 Å². The van der Waals surface area contributed by atoms with E-state index in [0.29, 0.717) is 10.6 Å². The van der Waals surface area contributed by atoms with Gasteiger partial charge in [-0.05, 0) is 24.6 Å². The summed E-state index contributed by atoms with van der Waals surface area (Å²) in [6.07, 6.45) is 0. The van der Waals surface area contributed by atoms with E-state index < -0.39 is 11.9 Å². The number of halogens is 1. The minimum Gasteiger partial charge on any atom is -0.478 e. The Morgan fingerprint density at radius 2 is 1.93 bits per heavy atom. The van der Waals surface area contributed by atoms with Crippen LogP contribution in [0.25, 0.3) is 0 Å². The number of rotatable bonds is 2. The molecule has 0 bridgehead atoms. The van der Waals surface area contributed by atoms with Gasteiger partial charge < -0.3 is 9.84 Å². The number of hydrogen-bond acceptors (Lipinski definition) is 3. The van der Waals surface area contributed by atoms with Gasteiger partial charge in [-0.25, -0.2) is 9.59 Å². The standard InChI is InChI=1S/C10H9ClO4/c1-5-3-7(10(14)15-2)6(9(12)13)4-8(5)11/h3-4H,1-2H3,(H,12,13). The van der Waals surface area contributed by atoms with Gasteiger partial charge in [-0.3, -0.25) is 0 Å². The summed E-state index contributed by atoms with van der Waals surface area (Å²) in [5, 5.41) is 9.16. The SMILES string of the molecule is COC(=O)c1cc(C)c(Cl)cc1C(=O)O. The first-order valence-corrected chi connectivity index (χ1v) is 4.47. The van der Waals surface area contributed by atoms with Crippen LogP contribution in [0.1, 0.15) is 26.3 Å². The molecule has 0 amide bonds. The smallest absolute Gasteiger partial charge is 0.338 e. The predicted octanol–water partition coefficient (Wildman–Crippen LogP) is 2.13. The number of carboxylic acid groups (broad SMARTS) is 1. The van der Waals surface area contributed by atoms with Crippen molar-refractivity contribution in [3.63, 3.8) is 0 Å². The lowest BCUT2D eigenvalue weighted by molar-refractivity contribution is 0.0582. The molecule has 0 heterocycles. The number of carbonyl (C=O) groups is 2. The van der Waals surface area contributed by atoms with Crippen molar-refractivity contribution in [2.24, 2.45) is 0 Å². The molecule has 1 rings (SSSR count). The number of aryl methyl sites for hydroxylation is 1. The van der Waals surface area contributed by atoms with Gasteiger partial charge in [0.2, 0.25) is 0 Å². The maximum atomic E-state index is 11.3. The molecule has 0 aromatic heterocycles. The third-order valence-electron chi connectivity index (χ3n) is 1.93. The van der Waals surface area contributed by atoms with Crippen LogP contribution >= 0.6 is 11.6 Å². The zero-order valence-electron chi connectivity index (χ0n) is 8.20. The van der Waals surface area contributed by atoms with Crippen molar-refractivity contribution < 1.29 is 19.4 Å². The van der Waals surface area contributed by atoms with Gasteiger partial charge in [0.05, 0.1) is 18.2 Å².